The number of amides is 1. The summed E-state index contributed by atoms with van der Waals surface area (Å²) in [6, 6.07) is 13.0. The van der Waals surface area contributed by atoms with Crippen LogP contribution in [0.15, 0.2) is 47.0 Å². The Balaban J connectivity index is 1.97. The molecule has 1 amide bonds. The lowest BCUT2D eigenvalue weighted by Crippen LogP contribution is -2.11. The maximum absolute atomic E-state index is 11.4. The summed E-state index contributed by atoms with van der Waals surface area (Å²) in [7, 11) is 1.63. The molecule has 1 heterocycles. The van der Waals surface area contributed by atoms with Crippen LogP contribution in [0.2, 0.25) is 0 Å². The summed E-state index contributed by atoms with van der Waals surface area (Å²) in [6.45, 7) is 0. The Labute approximate surface area is 121 Å². The van der Waals surface area contributed by atoms with E-state index < -0.39 is 5.91 Å². The molecule has 0 fully saturated rings. The lowest BCUT2D eigenvalue weighted by Gasteiger charge is -2.02. The van der Waals surface area contributed by atoms with E-state index in [0.29, 0.717) is 23.3 Å². The molecule has 5 nitrogen and oxygen atoms in total. The van der Waals surface area contributed by atoms with Gasteiger partial charge in [0, 0.05) is 11.8 Å². The predicted molar refractivity (Wildman–Crippen MR) is 78.3 cm³/mol. The summed E-state index contributed by atoms with van der Waals surface area (Å²) in [6.07, 6.45) is 0.586. The Morgan fingerprint density at radius 2 is 2.00 bits per heavy atom. The van der Waals surface area contributed by atoms with Crippen LogP contribution >= 0.6 is 0 Å². The lowest BCUT2D eigenvalue weighted by atomic mass is 10.0. The number of carbonyl (C=O) groups is 1. The molecule has 0 bridgehead atoms. The summed E-state index contributed by atoms with van der Waals surface area (Å²) in [5.74, 6) is 1.00. The molecule has 21 heavy (non-hydrogen) atoms. The molecule has 3 rings (SSSR count). The molecule has 3 aromatic rings. The van der Waals surface area contributed by atoms with Gasteiger partial charge in [0.2, 0.25) is 0 Å². The Kier molecular flexibility index (Phi) is 3.31. The highest BCUT2D eigenvalue weighted by Crippen LogP contribution is 2.24. The average Bonchev–Trinajstić information content (AvgIpc) is 2.91. The third-order valence-electron chi connectivity index (χ3n) is 3.37. The number of fused-ring (bicyclic) bond motifs is 1. The molecule has 2 aromatic carbocycles. The van der Waals surface area contributed by atoms with E-state index in [1.165, 1.54) is 0 Å². The maximum Gasteiger partial charge on any atom is 0.251 e. The van der Waals surface area contributed by atoms with Gasteiger partial charge in [0.1, 0.15) is 17.0 Å². The van der Waals surface area contributed by atoms with Crippen LogP contribution in [0.25, 0.3) is 10.9 Å². The minimum atomic E-state index is -0.509. The molecular weight excluding hydrogens is 268 g/mol. The number of hydrogen-bond acceptors (Lipinski definition) is 4. The molecule has 0 radical (unpaired) electrons. The fraction of sp³-hybridized carbons (Fsp3) is 0.125. The summed E-state index contributed by atoms with van der Waals surface area (Å²) in [4.78, 5) is 11.4. The highest BCUT2D eigenvalue weighted by molar-refractivity contribution is 6.05. The second-order valence-corrected chi connectivity index (χ2v) is 4.70. The van der Waals surface area contributed by atoms with Crippen molar-refractivity contribution in [3.8, 4) is 5.75 Å². The number of nitrogens with zero attached hydrogens (tertiary/aromatic N) is 1. The van der Waals surface area contributed by atoms with Crippen LogP contribution in [-0.4, -0.2) is 18.2 Å². The zero-order valence-corrected chi connectivity index (χ0v) is 11.5. The molecule has 0 aliphatic heterocycles. The fourth-order valence-corrected chi connectivity index (χ4v) is 2.27. The third-order valence-corrected chi connectivity index (χ3v) is 3.37. The molecule has 2 N–H and O–H groups in total. The zero-order valence-electron chi connectivity index (χ0n) is 11.5. The topological polar surface area (TPSA) is 78.3 Å². The largest absolute Gasteiger partial charge is 0.497 e. The minimum absolute atomic E-state index is 0.372. The fourth-order valence-electron chi connectivity index (χ4n) is 2.27. The zero-order chi connectivity index (χ0) is 14.8. The number of methoxy groups -OCH3 is 1. The first-order chi connectivity index (χ1) is 10.2. The van der Waals surface area contributed by atoms with E-state index >= 15 is 0 Å². The van der Waals surface area contributed by atoms with Crippen molar-refractivity contribution in [2.24, 2.45) is 5.73 Å². The van der Waals surface area contributed by atoms with Gasteiger partial charge in [-0.3, -0.25) is 4.79 Å². The number of hydrogen-bond donors (Lipinski definition) is 1. The van der Waals surface area contributed by atoms with Crippen LogP contribution < -0.4 is 10.5 Å². The van der Waals surface area contributed by atoms with E-state index in [2.05, 4.69) is 5.16 Å². The first kappa shape index (κ1) is 13.2. The molecular formula is C16H14N2O3. The van der Waals surface area contributed by atoms with Crippen LogP contribution in [0.5, 0.6) is 5.75 Å². The SMILES string of the molecule is COc1ccc(Cc2onc3c(C(N)=O)cccc23)cc1. The monoisotopic (exact) mass is 282 g/mol. The van der Waals surface area contributed by atoms with Gasteiger partial charge in [-0.2, -0.15) is 0 Å². The Morgan fingerprint density at radius 1 is 1.24 bits per heavy atom. The van der Waals surface area contributed by atoms with Gasteiger partial charge in [0.15, 0.2) is 0 Å². The van der Waals surface area contributed by atoms with Crippen molar-refractivity contribution in [1.82, 2.24) is 5.16 Å². The number of rotatable bonds is 4. The van der Waals surface area contributed by atoms with E-state index in [4.69, 9.17) is 15.0 Å². The molecule has 1 aromatic heterocycles. The van der Waals surface area contributed by atoms with Crippen molar-refractivity contribution in [2.45, 2.75) is 6.42 Å². The molecule has 5 heteroatoms. The summed E-state index contributed by atoms with van der Waals surface area (Å²) in [5.41, 5.74) is 7.29. The van der Waals surface area contributed by atoms with Crippen LogP contribution in [0.1, 0.15) is 21.7 Å². The first-order valence-electron chi connectivity index (χ1n) is 6.49. The van der Waals surface area contributed by atoms with Gasteiger partial charge in [-0.15, -0.1) is 0 Å². The molecule has 0 aliphatic rings. The van der Waals surface area contributed by atoms with E-state index in [1.807, 2.05) is 30.3 Å². The number of carbonyl (C=O) groups excluding carboxylic acids is 1. The van der Waals surface area contributed by atoms with Gasteiger partial charge < -0.3 is 15.0 Å². The predicted octanol–water partition coefficient (Wildman–Crippen LogP) is 2.53. The van der Waals surface area contributed by atoms with E-state index in [9.17, 15) is 4.79 Å². The Bertz CT molecular complexity index is 791. The quantitative estimate of drug-likeness (QED) is 0.797. The number of nitrogens with two attached hydrogens (primary N) is 1. The highest BCUT2D eigenvalue weighted by Gasteiger charge is 2.14. The standard InChI is InChI=1S/C16H14N2O3/c1-20-11-7-5-10(6-8-11)9-14-12-3-2-4-13(16(17)19)15(12)18-21-14/h2-8H,9H2,1H3,(H2,17,19). The first-order valence-corrected chi connectivity index (χ1v) is 6.49. The van der Waals surface area contributed by atoms with Crippen molar-refractivity contribution in [1.29, 1.82) is 0 Å². The van der Waals surface area contributed by atoms with Gasteiger partial charge in [0.25, 0.3) is 5.91 Å². The van der Waals surface area contributed by atoms with Crippen molar-refractivity contribution < 1.29 is 14.1 Å². The number of aromatic nitrogens is 1. The second kappa shape index (κ2) is 5.28. The van der Waals surface area contributed by atoms with Gasteiger partial charge in [-0.05, 0) is 29.8 Å². The molecule has 0 spiro atoms. The van der Waals surface area contributed by atoms with Crippen LogP contribution in [0.4, 0.5) is 0 Å². The van der Waals surface area contributed by atoms with E-state index in [0.717, 1.165) is 16.7 Å². The molecule has 0 saturated heterocycles. The van der Waals surface area contributed by atoms with E-state index in [-0.39, 0.29) is 0 Å². The smallest absolute Gasteiger partial charge is 0.251 e. The van der Waals surface area contributed by atoms with Crippen LogP contribution in [-0.2, 0) is 6.42 Å². The van der Waals surface area contributed by atoms with Crippen LogP contribution in [0, 0.1) is 0 Å². The molecule has 0 aliphatic carbocycles. The van der Waals surface area contributed by atoms with Crippen molar-refractivity contribution in [2.75, 3.05) is 7.11 Å². The molecule has 0 unspecified atom stereocenters. The van der Waals surface area contributed by atoms with Crippen molar-refractivity contribution in [3.63, 3.8) is 0 Å². The normalized spacial score (nSPS) is 10.7. The number of benzene rings is 2. The highest BCUT2D eigenvalue weighted by atomic mass is 16.5. The van der Waals surface area contributed by atoms with Crippen LogP contribution in [0.3, 0.4) is 0 Å². The Hall–Kier alpha value is -2.82. The molecule has 106 valence electrons. The van der Waals surface area contributed by atoms with Crippen molar-refractivity contribution >= 4 is 16.8 Å². The third kappa shape index (κ3) is 2.45. The summed E-state index contributed by atoms with van der Waals surface area (Å²) in [5, 5.41) is 4.78. The van der Waals surface area contributed by atoms with Gasteiger partial charge in [-0.1, -0.05) is 23.4 Å². The van der Waals surface area contributed by atoms with Gasteiger partial charge in [-0.25, -0.2) is 0 Å². The molecule has 0 atom stereocenters. The molecule has 0 saturated carbocycles. The summed E-state index contributed by atoms with van der Waals surface area (Å²) < 4.78 is 10.5. The average molecular weight is 282 g/mol. The van der Waals surface area contributed by atoms with Gasteiger partial charge >= 0.3 is 0 Å². The van der Waals surface area contributed by atoms with Crippen molar-refractivity contribution in [3.05, 3.63) is 59.4 Å². The number of primary amides is 1. The second-order valence-electron chi connectivity index (χ2n) is 4.70. The van der Waals surface area contributed by atoms with Gasteiger partial charge in [0.05, 0.1) is 12.7 Å². The Morgan fingerprint density at radius 3 is 2.67 bits per heavy atom. The van der Waals surface area contributed by atoms with E-state index in [1.54, 1.807) is 19.2 Å². The summed E-state index contributed by atoms with van der Waals surface area (Å²) >= 11 is 0. The maximum atomic E-state index is 11.4. The lowest BCUT2D eigenvalue weighted by molar-refractivity contribution is 0.100. The number of ether oxygens (including phenoxy) is 1. The minimum Gasteiger partial charge on any atom is -0.497 e.